The monoisotopic (exact) mass is 330 g/mol. The molecule has 6 heteroatoms. The first kappa shape index (κ1) is 15.4. The molecule has 1 aromatic rings. The number of ether oxygens (including phenoxy) is 1. The van der Waals surface area contributed by atoms with Crippen molar-refractivity contribution in [3.05, 3.63) is 34.2 Å². The lowest BCUT2D eigenvalue weighted by Gasteiger charge is -2.60. The lowest BCUT2D eigenvalue weighted by Crippen LogP contribution is -2.65. The van der Waals surface area contributed by atoms with E-state index in [-0.39, 0.29) is 23.0 Å². The van der Waals surface area contributed by atoms with E-state index in [0.717, 1.165) is 32.1 Å². The zero-order chi connectivity index (χ0) is 16.9. The van der Waals surface area contributed by atoms with Gasteiger partial charge in [0.2, 0.25) is 0 Å². The average Bonchev–Trinajstić information content (AvgIpc) is 2.52. The molecule has 2 atom stereocenters. The number of hydrogen-bond donors (Lipinski definition) is 2. The molecule has 4 fully saturated rings. The Bertz CT molecular complexity index is 739. The predicted octanol–water partition coefficient (Wildman–Crippen LogP) is 1.62. The quantitative estimate of drug-likeness (QED) is 0.824. The molecule has 0 unspecified atom stereocenters. The minimum absolute atomic E-state index is 0.125. The third kappa shape index (κ3) is 2.27. The fourth-order valence-electron chi connectivity index (χ4n) is 5.77. The van der Waals surface area contributed by atoms with E-state index >= 15 is 0 Å². The van der Waals surface area contributed by atoms with Crippen molar-refractivity contribution in [1.29, 1.82) is 0 Å². The van der Waals surface area contributed by atoms with Crippen molar-refractivity contribution in [1.82, 2.24) is 10.3 Å². The Labute approximate surface area is 140 Å². The van der Waals surface area contributed by atoms with Gasteiger partial charge in [-0.15, -0.1) is 0 Å². The molecule has 4 aliphatic carbocycles. The molecular weight excluding hydrogens is 308 g/mol. The number of aromatic amines is 1. The first-order chi connectivity index (χ1) is 11.5. The highest BCUT2D eigenvalue weighted by Crippen LogP contribution is 2.62. The van der Waals surface area contributed by atoms with E-state index in [1.54, 1.807) is 6.07 Å². The van der Waals surface area contributed by atoms with Gasteiger partial charge >= 0.3 is 5.97 Å². The molecule has 5 rings (SSSR count). The first-order valence-corrected chi connectivity index (χ1v) is 8.54. The van der Waals surface area contributed by atoms with E-state index in [1.165, 1.54) is 19.4 Å². The molecule has 1 amide bonds. The Morgan fingerprint density at radius 1 is 1.25 bits per heavy atom. The zero-order valence-electron chi connectivity index (χ0n) is 13.8. The molecule has 2 N–H and O–H groups in total. The number of esters is 1. The van der Waals surface area contributed by atoms with Crippen LogP contribution in [0.4, 0.5) is 0 Å². The number of methoxy groups -OCH3 is 1. The van der Waals surface area contributed by atoms with Crippen molar-refractivity contribution in [2.75, 3.05) is 7.11 Å². The maximum Gasteiger partial charge on any atom is 0.311 e. The van der Waals surface area contributed by atoms with Gasteiger partial charge in [-0.1, -0.05) is 0 Å². The number of pyridine rings is 1. The van der Waals surface area contributed by atoms with Crippen molar-refractivity contribution >= 4 is 11.9 Å². The van der Waals surface area contributed by atoms with Crippen LogP contribution in [0.1, 0.15) is 48.9 Å². The fraction of sp³-hybridized carbons (Fsp3) is 0.611. The second kappa shape index (κ2) is 5.19. The highest BCUT2D eigenvalue weighted by molar-refractivity contribution is 5.94. The second-order valence-corrected chi connectivity index (χ2v) is 7.88. The summed E-state index contributed by atoms with van der Waals surface area (Å²) in [4.78, 5) is 39.5. The number of rotatable bonds is 3. The Balaban J connectivity index is 1.63. The van der Waals surface area contributed by atoms with Crippen molar-refractivity contribution in [2.45, 2.75) is 44.1 Å². The van der Waals surface area contributed by atoms with Crippen LogP contribution in [0.5, 0.6) is 0 Å². The molecule has 1 heterocycles. The maximum atomic E-state index is 12.6. The Kier molecular flexibility index (Phi) is 3.34. The lowest BCUT2D eigenvalue weighted by molar-refractivity contribution is -0.171. The molecule has 0 saturated heterocycles. The van der Waals surface area contributed by atoms with E-state index in [4.69, 9.17) is 4.74 Å². The summed E-state index contributed by atoms with van der Waals surface area (Å²) in [6, 6.07) is 3.18. The third-order valence-electron chi connectivity index (χ3n) is 6.12. The smallest absolute Gasteiger partial charge is 0.311 e. The van der Waals surface area contributed by atoms with Gasteiger partial charge in [-0.25, -0.2) is 0 Å². The number of hydrogen-bond acceptors (Lipinski definition) is 4. The van der Waals surface area contributed by atoms with Crippen molar-refractivity contribution < 1.29 is 14.3 Å². The van der Waals surface area contributed by atoms with Crippen LogP contribution in [0.25, 0.3) is 0 Å². The van der Waals surface area contributed by atoms with Crippen LogP contribution in [0.3, 0.4) is 0 Å². The Morgan fingerprint density at radius 3 is 2.58 bits per heavy atom. The summed E-state index contributed by atoms with van der Waals surface area (Å²) in [5.41, 5.74) is -1.12. The van der Waals surface area contributed by atoms with Crippen LogP contribution in [0.2, 0.25) is 0 Å². The topological polar surface area (TPSA) is 88.3 Å². The van der Waals surface area contributed by atoms with E-state index in [0.29, 0.717) is 18.3 Å². The SMILES string of the molecule is COC(=O)C12C[C@@H]3C[C@H](CC(NC(=O)c4ccc[nH]c4=O)(C3)C1)C2. The van der Waals surface area contributed by atoms with E-state index in [2.05, 4.69) is 10.3 Å². The van der Waals surface area contributed by atoms with Crippen LogP contribution >= 0.6 is 0 Å². The molecule has 4 bridgehead atoms. The van der Waals surface area contributed by atoms with Gasteiger partial charge < -0.3 is 15.0 Å². The summed E-state index contributed by atoms with van der Waals surface area (Å²) in [6.45, 7) is 0. The van der Waals surface area contributed by atoms with Gasteiger partial charge in [0.25, 0.3) is 11.5 Å². The molecule has 0 radical (unpaired) electrons. The normalized spacial score (nSPS) is 36.4. The molecular formula is C18H22N2O4. The largest absolute Gasteiger partial charge is 0.469 e. The summed E-state index contributed by atoms with van der Waals surface area (Å²) in [7, 11) is 1.44. The van der Waals surface area contributed by atoms with Gasteiger partial charge in [0.15, 0.2) is 0 Å². The second-order valence-electron chi connectivity index (χ2n) is 7.88. The van der Waals surface area contributed by atoms with Gasteiger partial charge in [-0.2, -0.15) is 0 Å². The van der Waals surface area contributed by atoms with Gasteiger partial charge in [0.05, 0.1) is 12.5 Å². The molecule has 1 aromatic heterocycles. The van der Waals surface area contributed by atoms with Crippen molar-refractivity contribution in [3.63, 3.8) is 0 Å². The lowest BCUT2D eigenvalue weighted by atomic mass is 9.47. The Morgan fingerprint density at radius 2 is 1.96 bits per heavy atom. The highest BCUT2D eigenvalue weighted by atomic mass is 16.5. The minimum Gasteiger partial charge on any atom is -0.469 e. The summed E-state index contributed by atoms with van der Waals surface area (Å²) < 4.78 is 5.08. The zero-order valence-corrected chi connectivity index (χ0v) is 13.8. The summed E-state index contributed by atoms with van der Waals surface area (Å²) in [6.07, 6.45) is 6.76. The molecule has 4 saturated carbocycles. The summed E-state index contributed by atoms with van der Waals surface area (Å²) in [5, 5.41) is 3.12. The van der Waals surface area contributed by atoms with E-state index in [1.807, 2.05) is 0 Å². The van der Waals surface area contributed by atoms with Crippen LogP contribution in [-0.4, -0.2) is 29.5 Å². The molecule has 6 nitrogen and oxygen atoms in total. The maximum absolute atomic E-state index is 12.6. The molecule has 128 valence electrons. The van der Waals surface area contributed by atoms with Crippen molar-refractivity contribution in [3.8, 4) is 0 Å². The molecule has 24 heavy (non-hydrogen) atoms. The van der Waals surface area contributed by atoms with Gasteiger partial charge in [-0.3, -0.25) is 14.4 Å². The van der Waals surface area contributed by atoms with Gasteiger partial charge in [0.1, 0.15) is 5.56 Å². The standard InChI is InChI=1S/C18H22N2O4/c1-24-16(23)17-6-11-5-12(7-17)9-18(8-11,10-17)20-15(22)13-3-2-4-19-14(13)21/h2-4,11-12H,5-10H2,1H3,(H,19,21)(H,20,22)/t11-,12-,17?,18?/m0/s1. The van der Waals surface area contributed by atoms with Crippen LogP contribution in [-0.2, 0) is 9.53 Å². The van der Waals surface area contributed by atoms with E-state index < -0.39 is 11.0 Å². The molecule has 0 aromatic carbocycles. The highest BCUT2D eigenvalue weighted by Gasteiger charge is 2.61. The van der Waals surface area contributed by atoms with Gasteiger partial charge in [0, 0.05) is 11.7 Å². The number of carbonyl (C=O) groups is 2. The van der Waals surface area contributed by atoms with Crippen LogP contribution in [0, 0.1) is 17.3 Å². The summed E-state index contributed by atoms with van der Waals surface area (Å²) >= 11 is 0. The molecule has 0 aliphatic heterocycles. The van der Waals surface area contributed by atoms with Crippen molar-refractivity contribution in [2.24, 2.45) is 17.3 Å². The number of aromatic nitrogens is 1. The van der Waals surface area contributed by atoms with Crippen LogP contribution < -0.4 is 10.9 Å². The number of nitrogens with one attached hydrogen (secondary N) is 2. The first-order valence-electron chi connectivity index (χ1n) is 8.54. The molecule has 0 spiro atoms. The van der Waals surface area contributed by atoms with Gasteiger partial charge in [-0.05, 0) is 62.5 Å². The fourth-order valence-corrected chi connectivity index (χ4v) is 5.77. The van der Waals surface area contributed by atoms with E-state index in [9.17, 15) is 14.4 Å². The minimum atomic E-state index is -0.463. The van der Waals surface area contributed by atoms with Crippen LogP contribution in [0.15, 0.2) is 23.1 Å². The summed E-state index contributed by atoms with van der Waals surface area (Å²) in [5.74, 6) is 0.394. The Hall–Kier alpha value is -2.11. The third-order valence-corrected chi connectivity index (χ3v) is 6.12. The molecule has 4 aliphatic rings. The number of H-pyrrole nitrogens is 1. The number of carbonyl (C=O) groups excluding carboxylic acids is 2. The average molecular weight is 330 g/mol. The number of amides is 1. The predicted molar refractivity (Wildman–Crippen MR) is 86.4 cm³/mol.